The number of aliphatic imine (C=N–C) groups is 1. The van der Waals surface area contributed by atoms with Crippen molar-refractivity contribution >= 4 is 11.7 Å². The Bertz CT molecular complexity index is 694. The van der Waals surface area contributed by atoms with Crippen LogP contribution < -0.4 is 5.73 Å². The Hall–Kier alpha value is -1.92. The summed E-state index contributed by atoms with van der Waals surface area (Å²) in [7, 11) is 0. The molecule has 0 aliphatic heterocycles. The van der Waals surface area contributed by atoms with Gasteiger partial charge in [0.05, 0.1) is 5.69 Å². The number of aromatic nitrogens is 1. The zero-order chi connectivity index (χ0) is 20.2. The van der Waals surface area contributed by atoms with E-state index in [0.717, 1.165) is 31.7 Å². The topological polar surface area (TPSA) is 68.3 Å². The molecule has 1 aliphatic carbocycles. The van der Waals surface area contributed by atoms with Gasteiger partial charge in [-0.1, -0.05) is 33.6 Å². The van der Waals surface area contributed by atoms with Crippen molar-refractivity contribution in [1.82, 2.24) is 4.98 Å². The van der Waals surface area contributed by atoms with E-state index in [9.17, 15) is 18.0 Å². The lowest BCUT2D eigenvalue weighted by Gasteiger charge is -2.27. The van der Waals surface area contributed by atoms with Crippen LogP contribution in [0.5, 0.6) is 0 Å². The third-order valence-electron chi connectivity index (χ3n) is 4.96. The molecule has 0 spiro atoms. The maximum Gasteiger partial charge on any atom is 0.433 e. The number of nitrogens with zero attached hydrogens (tertiary/aromatic N) is 2. The van der Waals surface area contributed by atoms with Crippen molar-refractivity contribution in [2.45, 2.75) is 71.4 Å². The molecule has 1 amide bonds. The van der Waals surface area contributed by atoms with Gasteiger partial charge in [0.2, 0.25) is 0 Å². The van der Waals surface area contributed by atoms with Crippen LogP contribution in [-0.2, 0) is 11.0 Å². The number of alkyl halides is 3. The number of carbonyl (C=O) groups excluding carboxylic acids is 1. The first-order valence-electron chi connectivity index (χ1n) is 9.60. The van der Waals surface area contributed by atoms with Gasteiger partial charge < -0.3 is 5.73 Å². The predicted octanol–water partition coefficient (Wildman–Crippen LogP) is 5.06. The van der Waals surface area contributed by atoms with E-state index in [1.165, 1.54) is 6.07 Å². The Morgan fingerprint density at radius 3 is 2.48 bits per heavy atom. The smallest absolute Gasteiger partial charge is 0.383 e. The Kier molecular flexibility index (Phi) is 7.00. The monoisotopic (exact) mass is 383 g/mol. The molecule has 1 aromatic rings. The van der Waals surface area contributed by atoms with Gasteiger partial charge in [0.15, 0.2) is 0 Å². The Labute approximate surface area is 158 Å². The molecule has 0 bridgehead atoms. The summed E-state index contributed by atoms with van der Waals surface area (Å²) in [5.74, 6) is -0.271. The average Bonchev–Trinajstić information content (AvgIpc) is 2.51. The van der Waals surface area contributed by atoms with Crippen LogP contribution in [0.3, 0.4) is 0 Å². The second kappa shape index (κ2) is 8.85. The molecule has 1 heterocycles. The van der Waals surface area contributed by atoms with Crippen LogP contribution in [0.25, 0.3) is 0 Å². The molecule has 1 aromatic heterocycles. The summed E-state index contributed by atoms with van der Waals surface area (Å²) in [5, 5.41) is 0. The molecule has 150 valence electrons. The number of pyridine rings is 1. The SMILES string of the molecule is CCC[C@@H](CC(C)C)C(=O)N=C(N)c1ccc(C(F)(F)F)nc1C1CCC1. The maximum absolute atomic E-state index is 13.0. The third-order valence-corrected chi connectivity index (χ3v) is 4.96. The summed E-state index contributed by atoms with van der Waals surface area (Å²) >= 11 is 0. The Balaban J connectivity index is 2.34. The number of hydrogen-bond acceptors (Lipinski definition) is 2. The summed E-state index contributed by atoms with van der Waals surface area (Å²) in [6.45, 7) is 6.08. The molecule has 2 rings (SSSR count). The highest BCUT2D eigenvalue weighted by molar-refractivity contribution is 6.05. The molecule has 1 fully saturated rings. The molecule has 0 radical (unpaired) electrons. The van der Waals surface area contributed by atoms with E-state index in [4.69, 9.17) is 5.73 Å². The van der Waals surface area contributed by atoms with Crippen molar-refractivity contribution in [2.24, 2.45) is 22.6 Å². The van der Waals surface area contributed by atoms with Gasteiger partial charge >= 0.3 is 6.18 Å². The van der Waals surface area contributed by atoms with Crippen molar-refractivity contribution in [3.05, 3.63) is 29.1 Å². The molecular formula is C20H28F3N3O. The molecule has 0 aromatic carbocycles. The second-order valence-electron chi connectivity index (χ2n) is 7.71. The van der Waals surface area contributed by atoms with Crippen molar-refractivity contribution in [2.75, 3.05) is 0 Å². The number of hydrogen-bond donors (Lipinski definition) is 1. The first-order valence-corrected chi connectivity index (χ1v) is 9.60. The van der Waals surface area contributed by atoms with Crippen LogP contribution in [0.4, 0.5) is 13.2 Å². The van der Waals surface area contributed by atoms with E-state index < -0.39 is 11.9 Å². The predicted molar refractivity (Wildman–Crippen MR) is 99.4 cm³/mol. The van der Waals surface area contributed by atoms with Crippen molar-refractivity contribution < 1.29 is 18.0 Å². The number of amidine groups is 1. The number of halogens is 3. The number of amides is 1. The second-order valence-corrected chi connectivity index (χ2v) is 7.71. The summed E-state index contributed by atoms with van der Waals surface area (Å²) in [6.07, 6.45) is 0.266. The van der Waals surface area contributed by atoms with Gasteiger partial charge in [0.25, 0.3) is 5.91 Å². The zero-order valence-corrected chi connectivity index (χ0v) is 16.1. The van der Waals surface area contributed by atoms with Gasteiger partial charge in [-0.3, -0.25) is 4.79 Å². The number of nitrogens with two attached hydrogens (primary N) is 1. The van der Waals surface area contributed by atoms with Gasteiger partial charge in [-0.2, -0.15) is 18.2 Å². The van der Waals surface area contributed by atoms with E-state index in [-0.39, 0.29) is 23.6 Å². The highest BCUT2D eigenvalue weighted by Gasteiger charge is 2.35. The summed E-state index contributed by atoms with van der Waals surface area (Å²) in [6, 6.07) is 2.20. The first-order chi connectivity index (χ1) is 12.6. The fraction of sp³-hybridized carbons (Fsp3) is 0.650. The largest absolute Gasteiger partial charge is 0.433 e. The molecule has 0 saturated heterocycles. The summed E-state index contributed by atoms with van der Waals surface area (Å²) in [5.41, 5.74) is 5.77. The zero-order valence-electron chi connectivity index (χ0n) is 16.1. The molecule has 7 heteroatoms. The van der Waals surface area contributed by atoms with Crippen molar-refractivity contribution in [3.63, 3.8) is 0 Å². The highest BCUT2D eigenvalue weighted by Crippen LogP contribution is 2.38. The minimum Gasteiger partial charge on any atom is -0.383 e. The lowest BCUT2D eigenvalue weighted by molar-refractivity contribution is -0.141. The van der Waals surface area contributed by atoms with Crippen LogP contribution in [0.1, 0.15) is 82.2 Å². The van der Waals surface area contributed by atoms with Gasteiger partial charge in [0.1, 0.15) is 11.5 Å². The number of carbonyl (C=O) groups is 1. The van der Waals surface area contributed by atoms with E-state index in [1.54, 1.807) is 0 Å². The van der Waals surface area contributed by atoms with E-state index in [0.29, 0.717) is 30.0 Å². The van der Waals surface area contributed by atoms with E-state index in [2.05, 4.69) is 9.98 Å². The van der Waals surface area contributed by atoms with Crippen LogP contribution in [0, 0.1) is 11.8 Å². The highest BCUT2D eigenvalue weighted by atomic mass is 19.4. The number of rotatable bonds is 7. The van der Waals surface area contributed by atoms with E-state index >= 15 is 0 Å². The lowest BCUT2D eigenvalue weighted by Crippen LogP contribution is -2.25. The molecule has 1 atom stereocenters. The van der Waals surface area contributed by atoms with Crippen molar-refractivity contribution in [1.29, 1.82) is 0 Å². The van der Waals surface area contributed by atoms with Crippen LogP contribution in [-0.4, -0.2) is 16.7 Å². The van der Waals surface area contributed by atoms with Crippen LogP contribution >= 0.6 is 0 Å². The molecular weight excluding hydrogens is 355 g/mol. The molecule has 27 heavy (non-hydrogen) atoms. The molecule has 1 aliphatic rings. The molecule has 2 N–H and O–H groups in total. The maximum atomic E-state index is 13.0. The van der Waals surface area contributed by atoms with Crippen molar-refractivity contribution in [3.8, 4) is 0 Å². The minimum atomic E-state index is -4.51. The van der Waals surface area contributed by atoms with Crippen LogP contribution in [0.15, 0.2) is 17.1 Å². The van der Waals surface area contributed by atoms with Gasteiger partial charge in [-0.15, -0.1) is 0 Å². The average molecular weight is 383 g/mol. The van der Waals surface area contributed by atoms with E-state index in [1.807, 2.05) is 20.8 Å². The fourth-order valence-corrected chi connectivity index (χ4v) is 3.37. The minimum absolute atomic E-state index is 0.0343. The summed E-state index contributed by atoms with van der Waals surface area (Å²) in [4.78, 5) is 20.4. The lowest BCUT2D eigenvalue weighted by atomic mass is 9.80. The van der Waals surface area contributed by atoms with Gasteiger partial charge in [-0.25, -0.2) is 4.98 Å². The molecule has 1 saturated carbocycles. The molecule has 4 nitrogen and oxygen atoms in total. The first kappa shape index (κ1) is 21.4. The standard InChI is InChI=1S/C20H28F3N3O/c1-4-6-14(11-12(2)3)19(27)26-18(24)15-9-10-16(20(21,22)23)25-17(15)13-7-5-8-13/h9-10,12-14H,4-8,11H2,1-3H3,(H2,24,26,27)/t14-/m0/s1. The Morgan fingerprint density at radius 1 is 1.33 bits per heavy atom. The summed E-state index contributed by atoms with van der Waals surface area (Å²) < 4.78 is 39.1. The quantitative estimate of drug-likeness (QED) is 0.528. The third kappa shape index (κ3) is 5.53. The van der Waals surface area contributed by atoms with Gasteiger partial charge in [0, 0.05) is 17.4 Å². The van der Waals surface area contributed by atoms with Crippen LogP contribution in [0.2, 0.25) is 0 Å². The Morgan fingerprint density at radius 2 is 2.00 bits per heavy atom. The molecule has 0 unspecified atom stereocenters. The fourth-order valence-electron chi connectivity index (χ4n) is 3.37. The normalized spacial score (nSPS) is 17.1. The van der Waals surface area contributed by atoms with Gasteiger partial charge in [-0.05, 0) is 43.7 Å².